The van der Waals surface area contributed by atoms with E-state index in [0.717, 1.165) is 30.4 Å². The van der Waals surface area contributed by atoms with Gasteiger partial charge < -0.3 is 26.6 Å². The lowest BCUT2D eigenvalue weighted by molar-refractivity contribution is 0.0493. The Morgan fingerprint density at radius 1 is 0.543 bits per heavy atom. The molecule has 2 aromatic carbocycles. The molecular formula is C32H48N2O6S4Si2. The quantitative estimate of drug-likeness (QED) is 0.0470. The van der Waals surface area contributed by atoms with E-state index in [1.54, 1.807) is 44.3 Å². The first-order chi connectivity index (χ1) is 22.2. The number of nitrogens with zero attached hydrogens (tertiary/aromatic N) is 2. The maximum Gasteiger partial charge on any atom is 0.515 e. The molecule has 4 rings (SSSR count). The normalized spacial score (nSPS) is 15.4. The van der Waals surface area contributed by atoms with E-state index in [-0.39, 0.29) is 0 Å². The van der Waals surface area contributed by atoms with Gasteiger partial charge in [0.25, 0.3) is 0 Å². The molecule has 0 aliphatic rings. The SMILES string of the molecule is CCO[Si](OCC)(OCC)C(C)(CSSCC(C)(c1nc2ccccc2s1)[Si](OCC)(OCC)OCC)c1nc2ccccc2s1. The van der Waals surface area contributed by atoms with Gasteiger partial charge in [-0.1, -0.05) is 45.9 Å². The number of thiazole rings is 2. The molecule has 2 aromatic heterocycles. The van der Waals surface area contributed by atoms with E-state index < -0.39 is 27.7 Å². The minimum atomic E-state index is -3.27. The van der Waals surface area contributed by atoms with Crippen LogP contribution in [0.4, 0.5) is 0 Å². The van der Waals surface area contributed by atoms with Gasteiger partial charge in [-0.25, -0.2) is 9.97 Å². The maximum absolute atomic E-state index is 6.55. The number of para-hydroxylation sites is 2. The van der Waals surface area contributed by atoms with Crippen LogP contribution in [-0.4, -0.2) is 78.7 Å². The maximum atomic E-state index is 6.55. The summed E-state index contributed by atoms with van der Waals surface area (Å²) in [5.41, 5.74) is 1.95. The van der Waals surface area contributed by atoms with E-state index in [4.69, 9.17) is 36.5 Å². The Kier molecular flexibility index (Phi) is 14.2. The fourth-order valence-electron chi connectivity index (χ4n) is 5.44. The third-order valence-corrected chi connectivity index (χ3v) is 21.5. The molecule has 0 saturated heterocycles. The second-order valence-corrected chi connectivity index (χ2v) is 21.6. The summed E-state index contributed by atoms with van der Waals surface area (Å²) in [6, 6.07) is 16.5. The molecule has 0 aliphatic carbocycles. The van der Waals surface area contributed by atoms with E-state index in [9.17, 15) is 0 Å². The molecule has 0 amide bonds. The Balaban J connectivity index is 1.73. The van der Waals surface area contributed by atoms with Crippen molar-refractivity contribution in [2.24, 2.45) is 0 Å². The Labute approximate surface area is 292 Å². The lowest BCUT2D eigenvalue weighted by Crippen LogP contribution is -2.63. The second-order valence-electron chi connectivity index (χ2n) is 10.9. The van der Waals surface area contributed by atoms with E-state index in [1.165, 1.54) is 0 Å². The zero-order chi connectivity index (χ0) is 33.3. The summed E-state index contributed by atoms with van der Waals surface area (Å²) in [5.74, 6) is 1.35. The zero-order valence-electron chi connectivity index (χ0n) is 28.3. The first-order valence-corrected chi connectivity index (χ1v) is 23.6. The molecule has 4 aromatic rings. The van der Waals surface area contributed by atoms with Crippen LogP contribution in [0, 0.1) is 0 Å². The molecule has 2 unspecified atom stereocenters. The fraction of sp³-hybridized carbons (Fsp3) is 0.562. The number of aromatic nitrogens is 2. The molecule has 46 heavy (non-hydrogen) atoms. The van der Waals surface area contributed by atoms with Crippen molar-refractivity contribution in [1.82, 2.24) is 9.97 Å². The van der Waals surface area contributed by atoms with Gasteiger partial charge in [0.05, 0.1) is 30.5 Å². The average Bonchev–Trinajstić information content (AvgIpc) is 3.69. The number of hydrogen-bond acceptors (Lipinski definition) is 12. The van der Waals surface area contributed by atoms with Crippen LogP contribution in [0.2, 0.25) is 0 Å². The molecule has 8 nitrogen and oxygen atoms in total. The van der Waals surface area contributed by atoms with Crippen molar-refractivity contribution in [2.45, 2.75) is 65.5 Å². The molecule has 0 N–H and O–H groups in total. The fourth-order valence-corrected chi connectivity index (χ4v) is 19.3. The molecule has 0 fully saturated rings. The van der Waals surface area contributed by atoms with Crippen LogP contribution in [0.15, 0.2) is 48.5 Å². The predicted molar refractivity (Wildman–Crippen MR) is 200 cm³/mol. The lowest BCUT2D eigenvalue weighted by Gasteiger charge is -2.42. The van der Waals surface area contributed by atoms with Crippen molar-refractivity contribution in [2.75, 3.05) is 51.1 Å². The van der Waals surface area contributed by atoms with Crippen LogP contribution in [0.1, 0.15) is 65.4 Å². The second kappa shape index (κ2) is 17.2. The molecular weight excluding hydrogens is 693 g/mol. The van der Waals surface area contributed by atoms with Crippen molar-refractivity contribution in [1.29, 1.82) is 0 Å². The Bertz CT molecular complexity index is 1310. The number of fused-ring (bicyclic) bond motifs is 2. The van der Waals surface area contributed by atoms with Gasteiger partial charge in [-0.3, -0.25) is 0 Å². The summed E-state index contributed by atoms with van der Waals surface area (Å²) >= 11 is 3.39. The molecule has 0 bridgehead atoms. The molecule has 0 saturated carbocycles. The first kappa shape index (κ1) is 37.9. The highest BCUT2D eigenvalue weighted by Crippen LogP contribution is 2.48. The number of rotatable bonds is 21. The number of hydrogen-bond donors (Lipinski definition) is 0. The summed E-state index contributed by atoms with van der Waals surface area (Å²) in [5, 5.41) is 0.743. The number of benzene rings is 2. The lowest BCUT2D eigenvalue weighted by atomic mass is 10.2. The van der Waals surface area contributed by atoms with Gasteiger partial charge in [0.2, 0.25) is 0 Å². The highest BCUT2D eigenvalue weighted by atomic mass is 33.1. The van der Waals surface area contributed by atoms with Gasteiger partial charge in [0.15, 0.2) is 0 Å². The van der Waals surface area contributed by atoms with Crippen LogP contribution in [0.3, 0.4) is 0 Å². The van der Waals surface area contributed by atoms with Gasteiger partial charge in [-0.05, 0) is 79.7 Å². The van der Waals surface area contributed by atoms with Crippen LogP contribution in [-0.2, 0) is 36.6 Å². The monoisotopic (exact) mass is 740 g/mol. The van der Waals surface area contributed by atoms with E-state index in [1.807, 2.05) is 53.7 Å². The Morgan fingerprint density at radius 3 is 1.13 bits per heavy atom. The van der Waals surface area contributed by atoms with Crippen molar-refractivity contribution in [3.05, 3.63) is 58.5 Å². The summed E-state index contributed by atoms with van der Waals surface area (Å²) in [7, 11) is -2.99. The third-order valence-electron chi connectivity index (χ3n) is 7.67. The van der Waals surface area contributed by atoms with E-state index >= 15 is 0 Å². The largest absolute Gasteiger partial charge is 0.515 e. The van der Waals surface area contributed by atoms with Crippen LogP contribution < -0.4 is 0 Å². The van der Waals surface area contributed by atoms with Crippen LogP contribution in [0.25, 0.3) is 20.4 Å². The van der Waals surface area contributed by atoms with Gasteiger partial charge in [-0.2, -0.15) is 0 Å². The Morgan fingerprint density at radius 2 is 0.848 bits per heavy atom. The molecule has 14 heteroatoms. The molecule has 0 radical (unpaired) electrons. The molecule has 254 valence electrons. The molecule has 0 spiro atoms. The summed E-state index contributed by atoms with van der Waals surface area (Å²) in [6.45, 7) is 19.4. The first-order valence-electron chi connectivity index (χ1n) is 16.0. The predicted octanol–water partition coefficient (Wildman–Crippen LogP) is 8.68. The highest BCUT2D eigenvalue weighted by molar-refractivity contribution is 8.76. The van der Waals surface area contributed by atoms with Crippen molar-refractivity contribution in [3.8, 4) is 0 Å². The Hall–Kier alpha value is -0.886. The minimum absolute atomic E-state index is 0.491. The third kappa shape index (κ3) is 7.63. The summed E-state index contributed by atoms with van der Waals surface area (Å²) in [6.07, 6.45) is 0. The van der Waals surface area contributed by atoms with Crippen molar-refractivity contribution < 1.29 is 26.6 Å². The average molecular weight is 741 g/mol. The minimum Gasteiger partial charge on any atom is -0.373 e. The molecule has 2 heterocycles. The standard InChI is InChI=1S/C32H48N2O6S4Si2/c1-9-35-45(36-10-2,37-11-3)31(7,29-33-25-19-15-17-21-27(25)43-29)23-41-42-24-32(8,46(38-12-4,39-13-5)40-14-6)30-34-26-20-16-18-22-28(26)44-30/h15-22H,9-14,23-24H2,1-8H3. The topological polar surface area (TPSA) is 81.2 Å². The molecule has 2 atom stereocenters. The van der Waals surface area contributed by atoms with Crippen LogP contribution in [0.5, 0.6) is 0 Å². The summed E-state index contributed by atoms with van der Waals surface area (Å²) < 4.78 is 41.6. The van der Waals surface area contributed by atoms with Crippen molar-refractivity contribution in [3.63, 3.8) is 0 Å². The van der Waals surface area contributed by atoms with Gasteiger partial charge in [0.1, 0.15) is 10.0 Å². The van der Waals surface area contributed by atoms with E-state index in [2.05, 4.69) is 50.2 Å². The van der Waals surface area contributed by atoms with Gasteiger partial charge in [-0.15, -0.1) is 22.7 Å². The molecule has 0 aliphatic heterocycles. The summed E-state index contributed by atoms with van der Waals surface area (Å²) in [4.78, 5) is 10.3. The zero-order valence-corrected chi connectivity index (χ0v) is 33.5. The highest BCUT2D eigenvalue weighted by Gasteiger charge is 2.63. The smallest absolute Gasteiger partial charge is 0.373 e. The van der Waals surface area contributed by atoms with Crippen LogP contribution >= 0.6 is 44.3 Å². The van der Waals surface area contributed by atoms with E-state index in [0.29, 0.717) is 51.1 Å². The van der Waals surface area contributed by atoms with Gasteiger partial charge >= 0.3 is 17.6 Å². The van der Waals surface area contributed by atoms with Crippen molar-refractivity contribution >= 4 is 82.3 Å². The van der Waals surface area contributed by atoms with Gasteiger partial charge in [0, 0.05) is 51.1 Å².